The largest absolute Gasteiger partial charge is 0.366 e. The zero-order chi connectivity index (χ0) is 13.5. The number of nitrogens with zero attached hydrogens (tertiary/aromatic N) is 1. The number of hydrogen-bond donors (Lipinski definition) is 2. The molecule has 1 aliphatic carbocycles. The van der Waals surface area contributed by atoms with Crippen molar-refractivity contribution in [3.8, 4) is 0 Å². The lowest BCUT2D eigenvalue weighted by molar-refractivity contribution is -0.120. The van der Waals surface area contributed by atoms with E-state index in [4.69, 9.17) is 5.73 Å². The Labute approximate surface area is 110 Å². The molecular formula is C14H15N3O2. The monoisotopic (exact) mass is 257 g/mol. The molecule has 1 aliphatic heterocycles. The number of amides is 2. The summed E-state index contributed by atoms with van der Waals surface area (Å²) in [6, 6.07) is 1.94. The Bertz CT molecular complexity index is 586. The van der Waals surface area contributed by atoms with Gasteiger partial charge in [-0.05, 0) is 30.5 Å². The van der Waals surface area contributed by atoms with Crippen LogP contribution in [0.2, 0.25) is 0 Å². The second kappa shape index (κ2) is 4.19. The highest BCUT2D eigenvalue weighted by Crippen LogP contribution is 2.48. The van der Waals surface area contributed by atoms with Gasteiger partial charge in [-0.25, -0.2) is 4.98 Å². The van der Waals surface area contributed by atoms with Crippen molar-refractivity contribution in [2.75, 3.05) is 5.32 Å². The predicted octanol–water partition coefficient (Wildman–Crippen LogP) is 1.34. The van der Waals surface area contributed by atoms with Crippen LogP contribution in [0, 0.1) is 0 Å². The maximum absolute atomic E-state index is 12.2. The Balaban J connectivity index is 2.03. The van der Waals surface area contributed by atoms with Gasteiger partial charge in [0.2, 0.25) is 11.8 Å². The maximum Gasteiger partial charge on any atom is 0.241 e. The van der Waals surface area contributed by atoms with Crippen LogP contribution in [0.4, 0.5) is 5.82 Å². The van der Waals surface area contributed by atoms with Crippen LogP contribution < -0.4 is 11.1 Å². The molecule has 2 heterocycles. The summed E-state index contributed by atoms with van der Waals surface area (Å²) in [6.45, 7) is 0. The maximum atomic E-state index is 12.2. The summed E-state index contributed by atoms with van der Waals surface area (Å²) in [4.78, 5) is 27.2. The summed E-state index contributed by atoms with van der Waals surface area (Å²) in [5.74, 6) is 0.219. The molecule has 98 valence electrons. The van der Waals surface area contributed by atoms with Crippen LogP contribution >= 0.6 is 0 Å². The number of nitrogens with one attached hydrogen (secondary N) is 1. The number of aromatic nitrogens is 1. The molecule has 3 rings (SSSR count). The smallest absolute Gasteiger partial charge is 0.241 e. The van der Waals surface area contributed by atoms with E-state index in [0.717, 1.165) is 36.8 Å². The second-order valence-electron chi connectivity index (χ2n) is 5.14. The molecule has 2 aliphatic rings. The average molecular weight is 257 g/mol. The fraction of sp³-hybridized carbons (Fsp3) is 0.357. The van der Waals surface area contributed by atoms with Crippen molar-refractivity contribution in [1.29, 1.82) is 0 Å². The van der Waals surface area contributed by atoms with Gasteiger partial charge in [0.25, 0.3) is 0 Å². The summed E-state index contributed by atoms with van der Waals surface area (Å²) in [6.07, 6.45) is 8.43. The van der Waals surface area contributed by atoms with Crippen molar-refractivity contribution in [3.05, 3.63) is 29.5 Å². The van der Waals surface area contributed by atoms with Gasteiger partial charge >= 0.3 is 0 Å². The minimum absolute atomic E-state index is 0.0588. The lowest BCUT2D eigenvalue weighted by Crippen LogP contribution is -2.30. The van der Waals surface area contributed by atoms with Crippen LogP contribution in [0.15, 0.2) is 18.3 Å². The first-order valence-electron chi connectivity index (χ1n) is 6.41. The van der Waals surface area contributed by atoms with Crippen LogP contribution in [-0.4, -0.2) is 16.8 Å². The topological polar surface area (TPSA) is 85.1 Å². The van der Waals surface area contributed by atoms with Crippen LogP contribution in [-0.2, 0) is 15.0 Å². The fourth-order valence-corrected chi connectivity index (χ4v) is 3.04. The molecule has 19 heavy (non-hydrogen) atoms. The van der Waals surface area contributed by atoms with Gasteiger partial charge in [0.1, 0.15) is 5.82 Å². The summed E-state index contributed by atoms with van der Waals surface area (Å²) >= 11 is 0. The van der Waals surface area contributed by atoms with E-state index < -0.39 is 11.3 Å². The normalized spacial score (nSPS) is 19.9. The summed E-state index contributed by atoms with van der Waals surface area (Å²) in [5.41, 5.74) is 6.43. The zero-order valence-corrected chi connectivity index (χ0v) is 10.5. The van der Waals surface area contributed by atoms with Gasteiger partial charge in [0, 0.05) is 17.8 Å². The van der Waals surface area contributed by atoms with Crippen molar-refractivity contribution < 1.29 is 9.59 Å². The number of carbonyl (C=O) groups excluding carboxylic acids is 2. The van der Waals surface area contributed by atoms with Gasteiger partial charge in [-0.1, -0.05) is 12.8 Å². The third-order valence-electron chi connectivity index (χ3n) is 3.99. The van der Waals surface area contributed by atoms with E-state index in [9.17, 15) is 9.59 Å². The number of anilines is 1. The minimum Gasteiger partial charge on any atom is -0.366 e. The molecule has 0 bridgehead atoms. The van der Waals surface area contributed by atoms with Crippen LogP contribution in [0.25, 0.3) is 6.08 Å². The lowest BCUT2D eigenvalue weighted by Gasteiger charge is -2.20. The summed E-state index contributed by atoms with van der Waals surface area (Å²) < 4.78 is 0. The first-order valence-corrected chi connectivity index (χ1v) is 6.41. The van der Waals surface area contributed by atoms with E-state index in [2.05, 4.69) is 10.3 Å². The van der Waals surface area contributed by atoms with E-state index in [1.54, 1.807) is 12.3 Å². The highest BCUT2D eigenvalue weighted by Gasteiger charge is 2.49. The number of rotatable bonds is 2. The third-order valence-corrected chi connectivity index (χ3v) is 3.99. The standard InChI is InChI=1S/C14H15N3O2/c15-11(18)4-3-9-7-10-12(16-8-9)17-13(19)14(10)5-1-2-6-14/h3-4,7-8H,1-2,5-6H2,(H2,15,18)(H,16,17,19). The van der Waals surface area contributed by atoms with Crippen LogP contribution in [0.1, 0.15) is 36.8 Å². The molecule has 1 aromatic rings. The molecule has 1 aromatic heterocycles. The molecule has 0 unspecified atom stereocenters. The fourth-order valence-electron chi connectivity index (χ4n) is 3.04. The molecule has 5 nitrogen and oxygen atoms in total. The molecule has 1 spiro atoms. The number of nitrogens with two attached hydrogens (primary N) is 1. The van der Waals surface area contributed by atoms with Crippen molar-refractivity contribution >= 4 is 23.7 Å². The molecule has 0 atom stereocenters. The molecule has 0 radical (unpaired) electrons. The third kappa shape index (κ3) is 1.82. The zero-order valence-electron chi connectivity index (χ0n) is 10.5. The molecule has 0 aromatic carbocycles. The Kier molecular flexibility index (Phi) is 2.62. The molecule has 5 heteroatoms. The van der Waals surface area contributed by atoms with Gasteiger partial charge in [0.15, 0.2) is 0 Å². The first-order chi connectivity index (χ1) is 9.12. The molecular weight excluding hydrogens is 242 g/mol. The van der Waals surface area contributed by atoms with Crippen molar-refractivity contribution in [3.63, 3.8) is 0 Å². The van der Waals surface area contributed by atoms with Gasteiger partial charge in [-0.3, -0.25) is 9.59 Å². The minimum atomic E-state index is -0.495. The average Bonchev–Trinajstić information content (AvgIpc) is 2.96. The first kappa shape index (κ1) is 11.9. The van der Waals surface area contributed by atoms with Crippen molar-refractivity contribution in [1.82, 2.24) is 4.98 Å². The Morgan fingerprint density at radius 2 is 2.16 bits per heavy atom. The summed E-state index contributed by atoms with van der Waals surface area (Å²) in [7, 11) is 0. The highest BCUT2D eigenvalue weighted by molar-refractivity contribution is 6.05. The SMILES string of the molecule is NC(=O)C=Cc1cnc2c(c1)C1(CCCC1)C(=O)N2. The number of pyridine rings is 1. The second-order valence-corrected chi connectivity index (χ2v) is 5.14. The quantitative estimate of drug-likeness (QED) is 0.784. The Morgan fingerprint density at radius 1 is 1.42 bits per heavy atom. The highest BCUT2D eigenvalue weighted by atomic mass is 16.2. The van der Waals surface area contributed by atoms with E-state index in [-0.39, 0.29) is 5.91 Å². The number of primary amides is 1. The van der Waals surface area contributed by atoms with E-state index in [1.807, 2.05) is 6.07 Å². The predicted molar refractivity (Wildman–Crippen MR) is 71.2 cm³/mol. The lowest BCUT2D eigenvalue weighted by atomic mass is 9.80. The van der Waals surface area contributed by atoms with E-state index in [1.165, 1.54) is 6.08 Å². The molecule has 1 fully saturated rings. The van der Waals surface area contributed by atoms with Crippen molar-refractivity contribution in [2.45, 2.75) is 31.1 Å². The number of fused-ring (bicyclic) bond motifs is 2. The number of carbonyl (C=O) groups is 2. The van der Waals surface area contributed by atoms with Gasteiger partial charge in [0.05, 0.1) is 5.41 Å². The van der Waals surface area contributed by atoms with Crippen LogP contribution in [0.3, 0.4) is 0 Å². The summed E-state index contributed by atoms with van der Waals surface area (Å²) in [5, 5.41) is 2.86. The van der Waals surface area contributed by atoms with Crippen molar-refractivity contribution in [2.24, 2.45) is 5.73 Å². The van der Waals surface area contributed by atoms with E-state index >= 15 is 0 Å². The van der Waals surface area contributed by atoms with Gasteiger partial charge < -0.3 is 11.1 Å². The van der Waals surface area contributed by atoms with E-state index in [0.29, 0.717) is 5.82 Å². The molecule has 2 amide bonds. The molecule has 3 N–H and O–H groups in total. The Hall–Kier alpha value is -2.17. The van der Waals surface area contributed by atoms with Gasteiger partial charge in [-0.2, -0.15) is 0 Å². The van der Waals surface area contributed by atoms with Gasteiger partial charge in [-0.15, -0.1) is 0 Å². The number of hydrogen-bond acceptors (Lipinski definition) is 3. The van der Waals surface area contributed by atoms with Crippen LogP contribution in [0.5, 0.6) is 0 Å². The molecule has 1 saturated carbocycles. The Morgan fingerprint density at radius 3 is 2.84 bits per heavy atom. The molecule has 0 saturated heterocycles.